The van der Waals surface area contributed by atoms with Crippen molar-refractivity contribution in [2.75, 3.05) is 24.6 Å². The van der Waals surface area contributed by atoms with Crippen LogP contribution in [-0.4, -0.2) is 24.6 Å². The van der Waals surface area contributed by atoms with E-state index in [1.165, 1.54) is 35.9 Å². The lowest BCUT2D eigenvalue weighted by atomic mass is 10.2. The summed E-state index contributed by atoms with van der Waals surface area (Å²) in [5.74, 6) is 6.54. The van der Waals surface area contributed by atoms with E-state index in [0.29, 0.717) is 10.9 Å². The Morgan fingerprint density at radius 2 is 1.87 bits per heavy atom. The van der Waals surface area contributed by atoms with Gasteiger partial charge < -0.3 is 5.32 Å². The molecule has 1 saturated heterocycles. The Morgan fingerprint density at radius 1 is 1.20 bits per heavy atom. The molecule has 1 N–H and O–H groups in total. The molecule has 0 bridgehead atoms. The predicted molar refractivity (Wildman–Crippen MR) is 68.0 cm³/mol. The van der Waals surface area contributed by atoms with Gasteiger partial charge in [0.2, 0.25) is 0 Å². The van der Waals surface area contributed by atoms with Crippen LogP contribution in [-0.2, 0) is 16.6 Å². The molecule has 0 aromatic heterocycles. The van der Waals surface area contributed by atoms with Crippen molar-refractivity contribution in [1.29, 1.82) is 0 Å². The van der Waals surface area contributed by atoms with Crippen molar-refractivity contribution < 1.29 is 0 Å². The van der Waals surface area contributed by atoms with E-state index in [9.17, 15) is 0 Å². The van der Waals surface area contributed by atoms with Gasteiger partial charge in [-0.3, -0.25) is 0 Å². The third-order valence-corrected chi connectivity index (χ3v) is 4.93. The predicted octanol–water partition coefficient (Wildman–Crippen LogP) is 1.39. The van der Waals surface area contributed by atoms with Crippen molar-refractivity contribution in [3.63, 3.8) is 0 Å². The maximum atomic E-state index is 5.33. The van der Waals surface area contributed by atoms with Gasteiger partial charge in [0.05, 0.1) is 0 Å². The van der Waals surface area contributed by atoms with Crippen LogP contribution in [0.2, 0.25) is 0 Å². The Balaban J connectivity index is 1.95. The van der Waals surface area contributed by atoms with Crippen LogP contribution in [0.4, 0.5) is 0 Å². The topological polar surface area (TPSA) is 12.0 Å². The Bertz CT molecular complexity index is 344. The molecule has 0 spiro atoms. The Labute approximate surface area is 94.6 Å². The largest absolute Gasteiger partial charge is 0.308 e. The summed E-state index contributed by atoms with van der Waals surface area (Å²) in [6, 6.07) is 8.43. The zero-order chi connectivity index (χ0) is 10.5. The molecule has 0 saturated carbocycles. The summed E-state index contributed by atoms with van der Waals surface area (Å²) in [4.78, 5) is 0. The molecule has 0 radical (unpaired) electrons. The maximum absolute atomic E-state index is 5.33. The smallest absolute Gasteiger partial charge is 0.133 e. The minimum atomic E-state index is 0.582. The first-order valence-corrected chi connectivity index (χ1v) is 7.02. The van der Waals surface area contributed by atoms with E-state index in [-0.39, 0.29) is 0 Å². The van der Waals surface area contributed by atoms with Gasteiger partial charge in [-0.05, 0) is 23.0 Å². The van der Waals surface area contributed by atoms with Gasteiger partial charge in [-0.25, -0.2) is 0 Å². The highest BCUT2D eigenvalue weighted by molar-refractivity contribution is 7.96. The standard InChI is InChI=1S/C13H16NS/c1-2-12-3-5-13(6-4-12)11-15-9-7-14-8-10-15/h1,3-6,14H,7-11H2/q+1. The summed E-state index contributed by atoms with van der Waals surface area (Å²) in [6.45, 7) is 2.37. The van der Waals surface area contributed by atoms with Crippen molar-refractivity contribution in [1.82, 2.24) is 5.32 Å². The van der Waals surface area contributed by atoms with Crippen molar-refractivity contribution in [3.8, 4) is 12.3 Å². The number of benzene rings is 1. The zero-order valence-electron chi connectivity index (χ0n) is 8.83. The van der Waals surface area contributed by atoms with Crippen LogP contribution in [0.25, 0.3) is 0 Å². The molecule has 0 unspecified atom stereocenters. The lowest BCUT2D eigenvalue weighted by molar-refractivity contribution is 0.749. The summed E-state index contributed by atoms with van der Waals surface area (Å²) >= 11 is 0. The normalized spacial score (nSPS) is 17.3. The summed E-state index contributed by atoms with van der Waals surface area (Å²) in [6.07, 6.45) is 5.33. The van der Waals surface area contributed by atoms with Crippen LogP contribution in [0.3, 0.4) is 0 Å². The average Bonchev–Trinajstić information content (AvgIpc) is 2.31. The van der Waals surface area contributed by atoms with Crippen LogP contribution >= 0.6 is 0 Å². The molecule has 1 aliphatic heterocycles. The van der Waals surface area contributed by atoms with Gasteiger partial charge >= 0.3 is 0 Å². The van der Waals surface area contributed by atoms with Gasteiger partial charge in [0.1, 0.15) is 17.3 Å². The van der Waals surface area contributed by atoms with Gasteiger partial charge in [0.25, 0.3) is 0 Å². The average molecular weight is 218 g/mol. The first kappa shape index (κ1) is 10.6. The molecule has 15 heavy (non-hydrogen) atoms. The molecule has 0 amide bonds. The molecule has 78 valence electrons. The molecule has 1 fully saturated rings. The second-order valence-electron chi connectivity index (χ2n) is 3.76. The number of hydrogen-bond acceptors (Lipinski definition) is 1. The summed E-state index contributed by atoms with van der Waals surface area (Å²) < 4.78 is 0. The summed E-state index contributed by atoms with van der Waals surface area (Å²) in [5.41, 5.74) is 2.41. The van der Waals surface area contributed by atoms with Crippen LogP contribution in [0.5, 0.6) is 0 Å². The molecule has 1 aliphatic rings. The van der Waals surface area contributed by atoms with E-state index in [0.717, 1.165) is 5.56 Å². The molecule has 1 aromatic rings. The first-order chi connectivity index (χ1) is 7.38. The minimum absolute atomic E-state index is 0.582. The highest BCUT2D eigenvalue weighted by atomic mass is 32.2. The van der Waals surface area contributed by atoms with Gasteiger partial charge in [-0.2, -0.15) is 0 Å². The third-order valence-electron chi connectivity index (χ3n) is 2.63. The molecule has 2 rings (SSSR count). The first-order valence-electron chi connectivity index (χ1n) is 5.29. The van der Waals surface area contributed by atoms with E-state index in [1.807, 2.05) is 12.1 Å². The monoisotopic (exact) mass is 218 g/mol. The Hall–Kier alpha value is -0.910. The molecular formula is C13H16NS+. The Morgan fingerprint density at radius 3 is 2.47 bits per heavy atom. The SMILES string of the molecule is C#Cc1ccc(C[S+]2CCNCC2)cc1. The number of rotatable bonds is 2. The quantitative estimate of drug-likeness (QED) is 0.584. The number of nitrogens with one attached hydrogen (secondary N) is 1. The highest BCUT2D eigenvalue weighted by Crippen LogP contribution is 2.11. The van der Waals surface area contributed by atoms with E-state index < -0.39 is 0 Å². The fraction of sp³-hybridized carbons (Fsp3) is 0.385. The van der Waals surface area contributed by atoms with E-state index >= 15 is 0 Å². The number of hydrogen-bond donors (Lipinski definition) is 1. The van der Waals surface area contributed by atoms with Gasteiger partial charge in [0.15, 0.2) is 0 Å². The lowest BCUT2D eigenvalue weighted by Gasteiger charge is -2.14. The van der Waals surface area contributed by atoms with Gasteiger partial charge in [-0.1, -0.05) is 18.1 Å². The van der Waals surface area contributed by atoms with E-state index in [2.05, 4.69) is 23.4 Å². The molecule has 0 atom stereocenters. The van der Waals surface area contributed by atoms with Crippen molar-refractivity contribution in [2.45, 2.75) is 5.75 Å². The second kappa shape index (κ2) is 5.25. The third kappa shape index (κ3) is 3.02. The van der Waals surface area contributed by atoms with Crippen LogP contribution in [0, 0.1) is 12.3 Å². The minimum Gasteiger partial charge on any atom is -0.308 e. The van der Waals surface area contributed by atoms with Crippen LogP contribution in [0.1, 0.15) is 11.1 Å². The molecule has 2 heteroatoms. The molecule has 0 aliphatic carbocycles. The molecule has 1 nitrogen and oxygen atoms in total. The maximum Gasteiger partial charge on any atom is 0.133 e. The molecule has 1 heterocycles. The summed E-state index contributed by atoms with van der Waals surface area (Å²) in [7, 11) is 0.582. The molecule has 1 aromatic carbocycles. The zero-order valence-corrected chi connectivity index (χ0v) is 9.65. The number of terminal acetylenes is 1. The van der Waals surface area contributed by atoms with E-state index in [1.54, 1.807) is 0 Å². The van der Waals surface area contributed by atoms with E-state index in [4.69, 9.17) is 6.42 Å². The van der Waals surface area contributed by atoms with Crippen molar-refractivity contribution in [2.24, 2.45) is 0 Å². The molecular weight excluding hydrogens is 202 g/mol. The van der Waals surface area contributed by atoms with Crippen LogP contribution < -0.4 is 5.32 Å². The van der Waals surface area contributed by atoms with Crippen molar-refractivity contribution >= 4 is 10.9 Å². The highest BCUT2D eigenvalue weighted by Gasteiger charge is 2.21. The van der Waals surface area contributed by atoms with Gasteiger partial charge in [0, 0.05) is 24.2 Å². The fourth-order valence-electron chi connectivity index (χ4n) is 1.74. The Kier molecular flexibility index (Phi) is 3.71. The van der Waals surface area contributed by atoms with Gasteiger partial charge in [-0.15, -0.1) is 6.42 Å². The second-order valence-corrected chi connectivity index (χ2v) is 6.09. The lowest BCUT2D eigenvalue weighted by Crippen LogP contribution is -2.36. The fourth-order valence-corrected chi connectivity index (χ4v) is 3.76. The van der Waals surface area contributed by atoms with Crippen molar-refractivity contribution in [3.05, 3.63) is 35.4 Å². The summed E-state index contributed by atoms with van der Waals surface area (Å²) in [5, 5.41) is 3.40. The van der Waals surface area contributed by atoms with Crippen LogP contribution in [0.15, 0.2) is 24.3 Å².